The predicted molar refractivity (Wildman–Crippen MR) is 108 cm³/mol. The highest BCUT2D eigenvalue weighted by atomic mass is 35.5. The predicted octanol–water partition coefficient (Wildman–Crippen LogP) is 5.03. The van der Waals surface area contributed by atoms with Gasteiger partial charge in [-0.05, 0) is 55.5 Å². The number of aliphatic hydroxyl groups is 1. The molecule has 1 heterocycles. The van der Waals surface area contributed by atoms with Crippen LogP contribution in [0.15, 0.2) is 36.4 Å². The highest BCUT2D eigenvalue weighted by Gasteiger charge is 2.26. The fourth-order valence-corrected chi connectivity index (χ4v) is 4.21. The Labute approximate surface area is 166 Å². The van der Waals surface area contributed by atoms with Crippen LogP contribution in [0.5, 0.6) is 0 Å². The molecule has 1 aromatic heterocycles. The number of nitrogens with one attached hydrogen (secondary N) is 2. The van der Waals surface area contributed by atoms with E-state index < -0.39 is 0 Å². The minimum Gasteiger partial charge on any atom is -0.393 e. The Morgan fingerprint density at radius 1 is 1.11 bits per heavy atom. The number of carbonyl (C=O) groups is 1. The SMILES string of the molecule is O=C(Nc1n[nH]c2ccc(-c3c(Cl)cccc3Cl)cc12)C1CCC(O)CC1. The lowest BCUT2D eigenvalue weighted by atomic mass is 9.87. The number of benzene rings is 2. The third kappa shape index (κ3) is 3.68. The van der Waals surface area contributed by atoms with Crippen molar-refractivity contribution in [1.82, 2.24) is 10.2 Å². The highest BCUT2D eigenvalue weighted by molar-refractivity contribution is 6.39. The summed E-state index contributed by atoms with van der Waals surface area (Å²) >= 11 is 12.7. The number of fused-ring (bicyclic) bond motifs is 1. The van der Waals surface area contributed by atoms with Gasteiger partial charge in [-0.25, -0.2) is 0 Å². The number of aliphatic hydroxyl groups excluding tert-OH is 1. The van der Waals surface area contributed by atoms with E-state index >= 15 is 0 Å². The number of hydrogen-bond donors (Lipinski definition) is 3. The number of amides is 1. The molecule has 1 amide bonds. The average Bonchev–Trinajstić information content (AvgIpc) is 3.04. The lowest BCUT2D eigenvalue weighted by Gasteiger charge is -2.24. The molecule has 0 aliphatic heterocycles. The lowest BCUT2D eigenvalue weighted by molar-refractivity contribution is -0.121. The van der Waals surface area contributed by atoms with Crippen LogP contribution in [0.3, 0.4) is 0 Å². The summed E-state index contributed by atoms with van der Waals surface area (Å²) in [6.07, 6.45) is 2.41. The summed E-state index contributed by atoms with van der Waals surface area (Å²) in [7, 11) is 0. The molecule has 1 fully saturated rings. The molecule has 27 heavy (non-hydrogen) atoms. The highest BCUT2D eigenvalue weighted by Crippen LogP contribution is 2.37. The van der Waals surface area contributed by atoms with Gasteiger partial charge in [0, 0.05) is 26.9 Å². The van der Waals surface area contributed by atoms with E-state index in [0.29, 0.717) is 41.5 Å². The van der Waals surface area contributed by atoms with Gasteiger partial charge in [0.25, 0.3) is 0 Å². The molecule has 4 rings (SSSR count). The zero-order valence-corrected chi connectivity index (χ0v) is 16.0. The van der Waals surface area contributed by atoms with Crippen LogP contribution in [0.4, 0.5) is 5.82 Å². The van der Waals surface area contributed by atoms with Gasteiger partial charge in [0.15, 0.2) is 5.82 Å². The minimum absolute atomic E-state index is 0.0588. The summed E-state index contributed by atoms with van der Waals surface area (Å²) in [5.74, 6) is 0.337. The monoisotopic (exact) mass is 403 g/mol. The molecule has 1 aliphatic carbocycles. The maximum Gasteiger partial charge on any atom is 0.228 e. The fraction of sp³-hybridized carbons (Fsp3) is 0.300. The summed E-state index contributed by atoms with van der Waals surface area (Å²) in [5.41, 5.74) is 2.43. The standard InChI is InChI=1S/C20H19Cl2N3O2/c21-15-2-1-3-16(22)18(15)12-6-9-17-14(10-12)19(25-24-17)23-20(27)11-4-7-13(26)8-5-11/h1-3,6,9-11,13,26H,4-5,7-8H2,(H2,23,24,25,27). The molecule has 5 nitrogen and oxygen atoms in total. The maximum atomic E-state index is 12.6. The Kier molecular flexibility index (Phi) is 5.08. The second kappa shape index (κ2) is 7.50. The number of anilines is 1. The van der Waals surface area contributed by atoms with E-state index in [4.69, 9.17) is 23.2 Å². The van der Waals surface area contributed by atoms with Crippen molar-refractivity contribution in [2.24, 2.45) is 5.92 Å². The largest absolute Gasteiger partial charge is 0.393 e. The number of H-pyrrole nitrogens is 1. The molecule has 0 atom stereocenters. The molecule has 1 saturated carbocycles. The van der Waals surface area contributed by atoms with Gasteiger partial charge in [-0.3, -0.25) is 9.89 Å². The molecule has 1 aliphatic rings. The molecule has 7 heteroatoms. The van der Waals surface area contributed by atoms with Crippen molar-refractivity contribution >= 4 is 45.8 Å². The van der Waals surface area contributed by atoms with Crippen molar-refractivity contribution in [3.63, 3.8) is 0 Å². The first kappa shape index (κ1) is 18.3. The second-order valence-corrected chi connectivity index (χ2v) is 7.74. The zero-order chi connectivity index (χ0) is 19.0. The molecule has 0 radical (unpaired) electrons. The van der Waals surface area contributed by atoms with Crippen LogP contribution in [0.25, 0.3) is 22.0 Å². The van der Waals surface area contributed by atoms with Gasteiger partial charge < -0.3 is 10.4 Å². The summed E-state index contributed by atoms with van der Waals surface area (Å²) in [4.78, 5) is 12.6. The van der Waals surface area contributed by atoms with Crippen molar-refractivity contribution in [3.05, 3.63) is 46.4 Å². The quantitative estimate of drug-likeness (QED) is 0.573. The van der Waals surface area contributed by atoms with Crippen molar-refractivity contribution < 1.29 is 9.90 Å². The Balaban J connectivity index is 1.64. The van der Waals surface area contributed by atoms with E-state index in [0.717, 1.165) is 22.0 Å². The number of rotatable bonds is 3. The summed E-state index contributed by atoms with van der Waals surface area (Å²) in [6.45, 7) is 0. The third-order valence-electron chi connectivity index (χ3n) is 5.12. The van der Waals surface area contributed by atoms with Gasteiger partial charge in [-0.2, -0.15) is 5.10 Å². The molecular weight excluding hydrogens is 385 g/mol. The van der Waals surface area contributed by atoms with E-state index in [1.54, 1.807) is 18.2 Å². The number of aromatic nitrogens is 2. The van der Waals surface area contributed by atoms with Crippen molar-refractivity contribution in [1.29, 1.82) is 0 Å². The Morgan fingerprint density at radius 3 is 2.52 bits per heavy atom. The van der Waals surface area contributed by atoms with Gasteiger partial charge >= 0.3 is 0 Å². The van der Waals surface area contributed by atoms with E-state index in [9.17, 15) is 9.90 Å². The molecule has 140 valence electrons. The minimum atomic E-state index is -0.289. The van der Waals surface area contributed by atoms with Gasteiger partial charge in [0.2, 0.25) is 5.91 Å². The molecule has 3 N–H and O–H groups in total. The van der Waals surface area contributed by atoms with E-state index in [2.05, 4.69) is 15.5 Å². The van der Waals surface area contributed by atoms with Crippen LogP contribution < -0.4 is 5.32 Å². The van der Waals surface area contributed by atoms with Crippen LogP contribution in [0, 0.1) is 5.92 Å². The zero-order valence-electron chi connectivity index (χ0n) is 14.5. The first-order valence-corrected chi connectivity index (χ1v) is 9.70. The smallest absolute Gasteiger partial charge is 0.228 e. The molecule has 0 unspecified atom stereocenters. The second-order valence-electron chi connectivity index (χ2n) is 6.92. The van der Waals surface area contributed by atoms with Crippen LogP contribution in [-0.4, -0.2) is 27.3 Å². The van der Waals surface area contributed by atoms with Gasteiger partial charge in [0.05, 0.1) is 11.6 Å². The molecule has 0 saturated heterocycles. The van der Waals surface area contributed by atoms with Crippen LogP contribution in [0.1, 0.15) is 25.7 Å². The summed E-state index contributed by atoms with van der Waals surface area (Å²) < 4.78 is 0. The number of aromatic amines is 1. The summed E-state index contributed by atoms with van der Waals surface area (Å²) in [5, 5.41) is 21.7. The van der Waals surface area contributed by atoms with Crippen LogP contribution in [0.2, 0.25) is 10.0 Å². The Morgan fingerprint density at radius 2 is 1.81 bits per heavy atom. The number of halogens is 2. The van der Waals surface area contributed by atoms with Crippen LogP contribution >= 0.6 is 23.2 Å². The third-order valence-corrected chi connectivity index (χ3v) is 5.75. The van der Waals surface area contributed by atoms with Gasteiger partial charge in [0.1, 0.15) is 0 Å². The fourth-order valence-electron chi connectivity index (χ4n) is 3.60. The molecular formula is C20H19Cl2N3O2. The maximum absolute atomic E-state index is 12.6. The normalized spacial score (nSPS) is 20.0. The van der Waals surface area contributed by atoms with Crippen molar-refractivity contribution in [2.75, 3.05) is 5.32 Å². The molecule has 0 spiro atoms. The van der Waals surface area contributed by atoms with Crippen molar-refractivity contribution in [2.45, 2.75) is 31.8 Å². The van der Waals surface area contributed by atoms with Crippen LogP contribution in [-0.2, 0) is 4.79 Å². The average molecular weight is 404 g/mol. The van der Waals surface area contributed by atoms with E-state index in [1.807, 2.05) is 18.2 Å². The number of nitrogens with zero attached hydrogens (tertiary/aromatic N) is 1. The molecule has 0 bridgehead atoms. The molecule has 3 aromatic rings. The lowest BCUT2D eigenvalue weighted by Crippen LogP contribution is -2.28. The van der Waals surface area contributed by atoms with E-state index in [1.165, 1.54) is 0 Å². The van der Waals surface area contributed by atoms with Gasteiger partial charge in [-0.15, -0.1) is 0 Å². The van der Waals surface area contributed by atoms with Crippen molar-refractivity contribution in [3.8, 4) is 11.1 Å². The molecule has 2 aromatic carbocycles. The first-order chi connectivity index (χ1) is 13.0. The topological polar surface area (TPSA) is 78.0 Å². The number of carbonyl (C=O) groups excluding carboxylic acids is 1. The van der Waals surface area contributed by atoms with E-state index in [-0.39, 0.29) is 17.9 Å². The van der Waals surface area contributed by atoms with Gasteiger partial charge in [-0.1, -0.05) is 35.3 Å². The number of hydrogen-bond acceptors (Lipinski definition) is 3. The Bertz CT molecular complexity index is 974. The Hall–Kier alpha value is -2.08. The first-order valence-electron chi connectivity index (χ1n) is 8.94. The summed E-state index contributed by atoms with van der Waals surface area (Å²) in [6, 6.07) is 11.1.